The van der Waals surface area contributed by atoms with E-state index in [9.17, 15) is 8.42 Å². The van der Waals surface area contributed by atoms with Gasteiger partial charge in [-0.3, -0.25) is 0 Å². The first kappa shape index (κ1) is 13.7. The van der Waals surface area contributed by atoms with E-state index >= 15 is 0 Å². The molecule has 0 amide bonds. The Morgan fingerprint density at radius 3 is 2.15 bits per heavy atom. The minimum absolute atomic E-state index is 0. The first-order valence-corrected chi connectivity index (χ1v) is 5.10. The molecule has 0 saturated heterocycles. The maximum Gasteiger partial charge on any atom is 1.00 e. The summed E-state index contributed by atoms with van der Waals surface area (Å²) in [5.74, 6) is 0. The van der Waals surface area contributed by atoms with Crippen LogP contribution in [0.25, 0.3) is 5.14 Å². The van der Waals surface area contributed by atoms with Crippen LogP contribution in [0.4, 0.5) is 0 Å². The van der Waals surface area contributed by atoms with Crippen molar-refractivity contribution in [3.05, 3.63) is 33.4 Å². The van der Waals surface area contributed by atoms with E-state index in [0.717, 1.165) is 6.07 Å². The first-order valence-electron chi connectivity index (χ1n) is 2.86. The molecule has 0 fully saturated rings. The van der Waals surface area contributed by atoms with Crippen molar-refractivity contribution < 1.29 is 38.0 Å². The molecule has 0 bridgehead atoms. The molecule has 0 radical (unpaired) electrons. The summed E-state index contributed by atoms with van der Waals surface area (Å²) in [5.41, 5.74) is 0. The molecule has 0 atom stereocenters. The molecule has 7 heteroatoms. The number of hydrogen-bond donors (Lipinski definition) is 0. The Balaban J connectivity index is 0.00000144. The van der Waals surface area contributed by atoms with Crippen LogP contribution in [-0.2, 0) is 10.0 Å². The third kappa shape index (κ3) is 3.75. The molecule has 13 heavy (non-hydrogen) atoms. The summed E-state index contributed by atoms with van der Waals surface area (Å²) in [5, 5.41) is 6.99. The van der Waals surface area contributed by atoms with Gasteiger partial charge >= 0.3 is 29.6 Å². The predicted octanol–water partition coefficient (Wildman–Crippen LogP) is -0.262. The van der Waals surface area contributed by atoms with E-state index in [4.69, 9.17) is 28.3 Å². The molecular formula is C6H4Cl2NNaO2S. The van der Waals surface area contributed by atoms with Crippen molar-refractivity contribution in [3.8, 4) is 0 Å². The Labute approximate surface area is 109 Å². The number of sulfonamides is 1. The average molecular weight is 248 g/mol. The third-order valence-electron chi connectivity index (χ3n) is 1.18. The van der Waals surface area contributed by atoms with Crippen molar-refractivity contribution in [3.63, 3.8) is 0 Å². The molecule has 66 valence electrons. The molecule has 0 saturated carbocycles. The van der Waals surface area contributed by atoms with Gasteiger partial charge in [0.2, 0.25) is 0 Å². The van der Waals surface area contributed by atoms with E-state index in [0.29, 0.717) is 0 Å². The minimum atomic E-state index is -4.02. The van der Waals surface area contributed by atoms with Gasteiger partial charge < -0.3 is 5.14 Å². The Morgan fingerprint density at radius 2 is 1.77 bits per heavy atom. The van der Waals surface area contributed by atoms with Gasteiger partial charge in [0.25, 0.3) is 0 Å². The summed E-state index contributed by atoms with van der Waals surface area (Å²) in [6.07, 6.45) is 0. The number of nitrogens with one attached hydrogen (secondary N) is 1. The van der Waals surface area contributed by atoms with Crippen LogP contribution in [0.1, 0.15) is 0 Å². The van der Waals surface area contributed by atoms with Gasteiger partial charge in [0.1, 0.15) is 10.0 Å². The van der Waals surface area contributed by atoms with Gasteiger partial charge in [-0.05, 0) is 18.2 Å². The smallest absolute Gasteiger partial charge is 0.560 e. The van der Waals surface area contributed by atoms with E-state index in [2.05, 4.69) is 0 Å². The molecular weight excluding hydrogens is 244 g/mol. The summed E-state index contributed by atoms with van der Waals surface area (Å²) in [6, 6.07) is 3.94. The molecule has 3 nitrogen and oxygen atoms in total. The molecule has 1 aromatic rings. The van der Waals surface area contributed by atoms with Crippen LogP contribution in [0.3, 0.4) is 0 Å². The van der Waals surface area contributed by atoms with E-state index < -0.39 is 10.0 Å². The number of halogens is 2. The minimum Gasteiger partial charge on any atom is -0.560 e. The van der Waals surface area contributed by atoms with Crippen LogP contribution < -0.4 is 29.6 Å². The van der Waals surface area contributed by atoms with Crippen molar-refractivity contribution in [2.75, 3.05) is 0 Å². The third-order valence-corrected chi connectivity index (χ3v) is 2.78. The zero-order valence-corrected chi connectivity index (χ0v) is 11.0. The predicted molar refractivity (Wildman–Crippen MR) is 48.0 cm³/mol. The molecule has 0 aliphatic heterocycles. The van der Waals surface area contributed by atoms with Crippen molar-refractivity contribution in [1.29, 1.82) is 0 Å². The van der Waals surface area contributed by atoms with Crippen molar-refractivity contribution >= 4 is 33.2 Å². The maximum atomic E-state index is 10.7. The summed E-state index contributed by atoms with van der Waals surface area (Å²) < 4.78 is 21.5. The van der Waals surface area contributed by atoms with Crippen LogP contribution in [0, 0.1) is 0 Å². The van der Waals surface area contributed by atoms with Crippen LogP contribution >= 0.6 is 23.2 Å². The Kier molecular flexibility index (Phi) is 5.25. The Hall–Kier alpha value is 0.710. The quantitative estimate of drug-likeness (QED) is 0.643. The summed E-state index contributed by atoms with van der Waals surface area (Å²) in [6.45, 7) is 0. The zero-order chi connectivity index (χ0) is 9.35. The zero-order valence-electron chi connectivity index (χ0n) is 6.71. The molecule has 0 aliphatic rings. The summed E-state index contributed by atoms with van der Waals surface area (Å²) in [4.78, 5) is -0.267. The number of rotatable bonds is 1. The standard InChI is InChI=1S/C6H4Cl2NO2S.Na/c7-4-1-2-5(8)6(3-4)12(9,10)11;/h1-3H,(H-,9,10,11);/q-1;+1. The Bertz CT molecular complexity index is 407. The normalized spacial score (nSPS) is 10.7. The van der Waals surface area contributed by atoms with Crippen LogP contribution in [0.5, 0.6) is 0 Å². The SMILES string of the molecule is [NH-]S(=O)(=O)c1cc(Cl)ccc1Cl.[Na+]. The van der Waals surface area contributed by atoms with Crippen LogP contribution in [0.15, 0.2) is 23.1 Å². The molecule has 0 unspecified atom stereocenters. The van der Waals surface area contributed by atoms with E-state index in [1.165, 1.54) is 12.1 Å². The molecule has 0 aliphatic carbocycles. The van der Waals surface area contributed by atoms with Crippen LogP contribution in [0.2, 0.25) is 10.0 Å². The first-order chi connectivity index (χ1) is 5.41. The molecule has 0 spiro atoms. The summed E-state index contributed by atoms with van der Waals surface area (Å²) >= 11 is 11.0. The number of benzene rings is 1. The molecule has 1 rings (SSSR count). The second-order valence-electron chi connectivity index (χ2n) is 2.08. The van der Waals surface area contributed by atoms with Gasteiger partial charge in [-0.1, -0.05) is 23.2 Å². The van der Waals surface area contributed by atoms with Crippen molar-refractivity contribution in [2.45, 2.75) is 4.90 Å². The van der Waals surface area contributed by atoms with E-state index in [1.54, 1.807) is 0 Å². The largest absolute Gasteiger partial charge is 1.00 e. The van der Waals surface area contributed by atoms with Gasteiger partial charge in [-0.15, -0.1) is 0 Å². The molecule has 0 heterocycles. The fourth-order valence-corrected chi connectivity index (χ4v) is 1.95. The molecule has 0 aromatic heterocycles. The van der Waals surface area contributed by atoms with E-state index in [1.807, 2.05) is 0 Å². The average Bonchev–Trinajstić information content (AvgIpc) is 1.92. The van der Waals surface area contributed by atoms with Crippen molar-refractivity contribution in [1.82, 2.24) is 0 Å². The Morgan fingerprint density at radius 1 is 1.23 bits per heavy atom. The van der Waals surface area contributed by atoms with Gasteiger partial charge in [0, 0.05) is 5.02 Å². The molecule has 1 aromatic carbocycles. The second-order valence-corrected chi connectivity index (χ2v) is 4.37. The van der Waals surface area contributed by atoms with Gasteiger partial charge in [0.15, 0.2) is 0 Å². The maximum absolute atomic E-state index is 10.7. The fourth-order valence-electron chi connectivity index (χ4n) is 0.683. The van der Waals surface area contributed by atoms with Crippen LogP contribution in [-0.4, -0.2) is 8.42 Å². The van der Waals surface area contributed by atoms with Crippen molar-refractivity contribution in [2.24, 2.45) is 0 Å². The summed E-state index contributed by atoms with van der Waals surface area (Å²) in [7, 11) is -4.02. The van der Waals surface area contributed by atoms with Gasteiger partial charge in [-0.2, -0.15) is 0 Å². The fraction of sp³-hybridized carbons (Fsp3) is 0. The van der Waals surface area contributed by atoms with E-state index in [-0.39, 0.29) is 44.5 Å². The number of hydrogen-bond acceptors (Lipinski definition) is 2. The van der Waals surface area contributed by atoms with Gasteiger partial charge in [0.05, 0.1) is 9.92 Å². The van der Waals surface area contributed by atoms with Gasteiger partial charge in [-0.25, -0.2) is 8.42 Å². The topological polar surface area (TPSA) is 57.9 Å². The monoisotopic (exact) mass is 247 g/mol. The second kappa shape index (κ2) is 4.98. The molecule has 1 N–H and O–H groups in total.